The van der Waals surface area contributed by atoms with E-state index in [0.717, 1.165) is 11.1 Å². The maximum atomic E-state index is 13.6. The lowest BCUT2D eigenvalue weighted by Gasteiger charge is -2.52. The van der Waals surface area contributed by atoms with Gasteiger partial charge in [-0.3, -0.25) is 0 Å². The maximum absolute atomic E-state index is 13.6. The number of rotatable bonds is 9. The van der Waals surface area contributed by atoms with Crippen molar-refractivity contribution >= 4 is 5.97 Å². The number of hydrogen-bond donors (Lipinski definition) is 2. The Morgan fingerprint density at radius 2 is 1.65 bits per heavy atom. The van der Waals surface area contributed by atoms with Gasteiger partial charge in [-0.2, -0.15) is 0 Å². The molecule has 0 radical (unpaired) electrons. The van der Waals surface area contributed by atoms with E-state index < -0.39 is 48.0 Å². The number of methoxy groups -OCH3 is 4. The Kier molecular flexibility index (Phi) is 15.7. The number of carbonyl (C=O) groups is 1. The first-order valence-corrected chi connectivity index (χ1v) is 16.7. The molecule has 264 valence electrons. The molecule has 0 bridgehead atoms. The van der Waals surface area contributed by atoms with Crippen LogP contribution in [0.15, 0.2) is 47.3 Å². The van der Waals surface area contributed by atoms with Crippen molar-refractivity contribution in [3.8, 4) is 0 Å². The van der Waals surface area contributed by atoms with Gasteiger partial charge in [-0.05, 0) is 38.2 Å². The van der Waals surface area contributed by atoms with E-state index in [-0.39, 0.29) is 41.6 Å². The normalized spacial score (nSPS) is 35.8. The van der Waals surface area contributed by atoms with Crippen LogP contribution in [0.5, 0.6) is 0 Å². The van der Waals surface area contributed by atoms with Gasteiger partial charge in [-0.25, -0.2) is 4.79 Å². The van der Waals surface area contributed by atoms with Crippen molar-refractivity contribution in [1.29, 1.82) is 0 Å². The summed E-state index contributed by atoms with van der Waals surface area (Å²) in [4.78, 5) is 13.6. The summed E-state index contributed by atoms with van der Waals surface area (Å²) in [5.41, 5.74) is 1.85. The van der Waals surface area contributed by atoms with Crippen LogP contribution in [0.1, 0.15) is 75.2 Å². The molecule has 1 saturated heterocycles. The van der Waals surface area contributed by atoms with E-state index in [1.54, 1.807) is 27.4 Å². The van der Waals surface area contributed by atoms with Gasteiger partial charge in [0.1, 0.15) is 12.2 Å². The molecule has 0 aromatic heterocycles. The van der Waals surface area contributed by atoms with Gasteiger partial charge in [0.25, 0.3) is 0 Å². The van der Waals surface area contributed by atoms with Crippen LogP contribution in [-0.4, -0.2) is 87.0 Å². The maximum Gasteiger partial charge on any atom is 0.373 e. The van der Waals surface area contributed by atoms with E-state index in [1.165, 1.54) is 7.11 Å². The molecule has 9 nitrogen and oxygen atoms in total. The monoisotopic (exact) mass is 650 g/mol. The summed E-state index contributed by atoms with van der Waals surface area (Å²) in [5.74, 6) is -2.76. The third kappa shape index (κ3) is 9.77. The van der Waals surface area contributed by atoms with Crippen molar-refractivity contribution in [2.45, 2.75) is 118 Å². The Labute approximate surface area is 278 Å². The highest BCUT2D eigenvalue weighted by molar-refractivity contribution is 5.87. The van der Waals surface area contributed by atoms with E-state index in [2.05, 4.69) is 20.8 Å². The molecule has 0 spiro atoms. The summed E-state index contributed by atoms with van der Waals surface area (Å²) >= 11 is 0. The van der Waals surface area contributed by atoms with Crippen molar-refractivity contribution < 1.29 is 43.4 Å². The van der Waals surface area contributed by atoms with Crippen LogP contribution in [0.4, 0.5) is 0 Å². The molecule has 9 heteroatoms. The standard InChI is InChI=1S/C37H62O9/c1-21(2)34-26(7)31(43-12)20-37(44-13,46-34)28(9)33(39)27(8)35-29(41-10)16-14-15-22(3)17-24(5)32(38)25(6)18-23(4)19-30(42-11)36(40)45-35/h14-16,18-19,21,24-29,31-35,38-39H,17,20H2,1-13H3/t24-,25+,26-,27-,28-,29-,31+,32-,33+,34+,35+,37+/m0/s1. The molecule has 2 heterocycles. The number of carbonyl (C=O) groups excluding carboxylic acids is 1. The van der Waals surface area contributed by atoms with Crippen LogP contribution in [0.25, 0.3) is 0 Å². The van der Waals surface area contributed by atoms with Crippen LogP contribution in [-0.2, 0) is 33.2 Å². The average molecular weight is 651 g/mol. The van der Waals surface area contributed by atoms with E-state index in [0.29, 0.717) is 12.8 Å². The number of aliphatic hydroxyl groups excluding tert-OH is 2. The van der Waals surface area contributed by atoms with Crippen molar-refractivity contribution in [3.63, 3.8) is 0 Å². The Morgan fingerprint density at radius 3 is 2.20 bits per heavy atom. The van der Waals surface area contributed by atoms with Crippen molar-refractivity contribution in [3.05, 3.63) is 47.3 Å². The van der Waals surface area contributed by atoms with Crippen LogP contribution < -0.4 is 0 Å². The fraction of sp³-hybridized carbons (Fsp3) is 0.757. The van der Waals surface area contributed by atoms with Gasteiger partial charge in [0.05, 0.1) is 31.5 Å². The van der Waals surface area contributed by atoms with Gasteiger partial charge in [-0.1, -0.05) is 83.9 Å². The fourth-order valence-corrected chi connectivity index (χ4v) is 7.12. The first kappa shape index (κ1) is 40.2. The summed E-state index contributed by atoms with van der Waals surface area (Å²) in [6.07, 6.45) is 6.89. The highest BCUT2D eigenvalue weighted by atomic mass is 16.7. The second-order valence-corrected chi connectivity index (χ2v) is 13.9. The summed E-state index contributed by atoms with van der Waals surface area (Å²) < 4.78 is 36.2. The predicted molar refractivity (Wildman–Crippen MR) is 180 cm³/mol. The molecule has 0 aliphatic carbocycles. The van der Waals surface area contributed by atoms with Crippen LogP contribution in [0.2, 0.25) is 0 Å². The Hall–Kier alpha value is -2.01. The van der Waals surface area contributed by atoms with E-state index in [1.807, 2.05) is 65.8 Å². The van der Waals surface area contributed by atoms with Gasteiger partial charge < -0.3 is 38.6 Å². The second-order valence-electron chi connectivity index (χ2n) is 13.9. The van der Waals surface area contributed by atoms with Crippen molar-refractivity contribution in [2.24, 2.45) is 35.5 Å². The lowest BCUT2D eigenvalue weighted by molar-refractivity contribution is -0.340. The van der Waals surface area contributed by atoms with Gasteiger partial charge in [0, 0.05) is 51.4 Å². The lowest BCUT2D eigenvalue weighted by atomic mass is 9.76. The molecule has 0 saturated carbocycles. The van der Waals surface area contributed by atoms with E-state index >= 15 is 0 Å². The number of ether oxygens (including phenoxy) is 6. The molecular formula is C37H62O9. The molecule has 0 aromatic rings. The summed E-state index contributed by atoms with van der Waals surface area (Å²) in [6, 6.07) is 0. The lowest BCUT2D eigenvalue weighted by Crippen LogP contribution is -2.60. The molecule has 46 heavy (non-hydrogen) atoms. The Balaban J connectivity index is 2.57. The largest absolute Gasteiger partial charge is 0.490 e. The van der Waals surface area contributed by atoms with Crippen LogP contribution >= 0.6 is 0 Å². The Bertz CT molecular complexity index is 1090. The zero-order valence-electron chi connectivity index (χ0n) is 30.5. The molecule has 0 amide bonds. The smallest absolute Gasteiger partial charge is 0.373 e. The molecule has 2 N–H and O–H groups in total. The zero-order valence-corrected chi connectivity index (χ0v) is 30.5. The number of cyclic esters (lactones) is 1. The topological polar surface area (TPSA) is 113 Å². The third-order valence-electron chi connectivity index (χ3n) is 10.1. The van der Waals surface area contributed by atoms with Gasteiger partial charge in [0.2, 0.25) is 5.76 Å². The van der Waals surface area contributed by atoms with Gasteiger partial charge in [-0.15, -0.1) is 0 Å². The highest BCUT2D eigenvalue weighted by Crippen LogP contribution is 2.44. The van der Waals surface area contributed by atoms with Crippen molar-refractivity contribution in [1.82, 2.24) is 0 Å². The molecule has 0 unspecified atom stereocenters. The third-order valence-corrected chi connectivity index (χ3v) is 10.1. The molecule has 0 aromatic carbocycles. The number of allylic oxidation sites excluding steroid dienone is 5. The highest BCUT2D eigenvalue weighted by Gasteiger charge is 2.53. The number of aliphatic hydroxyl groups is 2. The first-order valence-electron chi connectivity index (χ1n) is 16.7. The number of esters is 1. The molecular weight excluding hydrogens is 588 g/mol. The van der Waals surface area contributed by atoms with Gasteiger partial charge >= 0.3 is 5.97 Å². The van der Waals surface area contributed by atoms with E-state index in [9.17, 15) is 15.0 Å². The van der Waals surface area contributed by atoms with Crippen LogP contribution in [0, 0.1) is 35.5 Å². The summed E-state index contributed by atoms with van der Waals surface area (Å²) in [5, 5.41) is 23.0. The van der Waals surface area contributed by atoms with Crippen molar-refractivity contribution in [2.75, 3.05) is 28.4 Å². The first-order chi connectivity index (χ1) is 21.6. The average Bonchev–Trinajstić information content (AvgIpc) is 3.02. The van der Waals surface area contributed by atoms with Crippen LogP contribution in [0.3, 0.4) is 0 Å². The number of hydrogen-bond acceptors (Lipinski definition) is 9. The predicted octanol–water partition coefficient (Wildman–Crippen LogP) is 6.00. The molecule has 12 atom stereocenters. The zero-order chi connectivity index (χ0) is 34.9. The van der Waals surface area contributed by atoms with Gasteiger partial charge in [0.15, 0.2) is 5.79 Å². The SMILES string of the molecule is COC1=CC(C)=C[C@@H](C)[C@@H](O)[C@@H](C)CC(C)=CC=C[C@H](OC)[C@@H]([C@@H](C)[C@@H](O)[C@H](C)[C@@]2(OC)C[C@@H](OC)[C@H](C)[C@@H](C(C)C)O2)OC1=O. The Morgan fingerprint density at radius 1 is 1.00 bits per heavy atom. The fourth-order valence-electron chi connectivity index (χ4n) is 7.12. The van der Waals surface area contributed by atoms with E-state index in [4.69, 9.17) is 28.4 Å². The molecule has 2 aliphatic rings. The second kappa shape index (κ2) is 17.9. The minimum Gasteiger partial charge on any atom is -0.490 e. The molecule has 1 fully saturated rings. The summed E-state index contributed by atoms with van der Waals surface area (Å²) in [6.45, 7) is 17.9. The minimum absolute atomic E-state index is 0.00516. The quantitative estimate of drug-likeness (QED) is 0.290. The molecule has 2 rings (SSSR count). The minimum atomic E-state index is -1.13. The summed E-state index contributed by atoms with van der Waals surface area (Å²) in [7, 11) is 6.25. The molecule has 2 aliphatic heterocycles.